The van der Waals surface area contributed by atoms with Gasteiger partial charge < -0.3 is 10.2 Å². The average Bonchev–Trinajstić information content (AvgIpc) is 3.29. The maximum atomic E-state index is 12.7. The van der Waals surface area contributed by atoms with Crippen LogP contribution < -0.4 is 10.2 Å². The second-order valence-electron chi connectivity index (χ2n) is 6.12. The molecule has 1 saturated heterocycles. The van der Waals surface area contributed by atoms with Crippen molar-refractivity contribution in [2.75, 3.05) is 18.0 Å². The second-order valence-corrected chi connectivity index (χ2v) is 6.12. The molecular formula is C16H21F3N2. The van der Waals surface area contributed by atoms with Gasteiger partial charge in [0, 0.05) is 31.4 Å². The van der Waals surface area contributed by atoms with Gasteiger partial charge in [-0.2, -0.15) is 13.2 Å². The third-order valence-corrected chi connectivity index (χ3v) is 4.43. The molecule has 1 saturated carbocycles. The molecule has 1 aliphatic carbocycles. The average molecular weight is 298 g/mol. The van der Waals surface area contributed by atoms with Crippen molar-refractivity contribution in [2.45, 2.75) is 44.4 Å². The molecule has 2 fully saturated rings. The highest BCUT2D eigenvalue weighted by Crippen LogP contribution is 2.35. The van der Waals surface area contributed by atoms with Gasteiger partial charge in [-0.1, -0.05) is 12.1 Å². The molecule has 0 radical (unpaired) electrons. The van der Waals surface area contributed by atoms with Crippen LogP contribution in [0.3, 0.4) is 0 Å². The first kappa shape index (κ1) is 14.7. The lowest BCUT2D eigenvalue weighted by molar-refractivity contribution is -0.179. The molecule has 21 heavy (non-hydrogen) atoms. The van der Waals surface area contributed by atoms with Gasteiger partial charge in [-0.15, -0.1) is 0 Å². The number of hydrogen-bond donors (Lipinski definition) is 1. The maximum absolute atomic E-state index is 12.7. The maximum Gasteiger partial charge on any atom is 0.391 e. The van der Waals surface area contributed by atoms with Crippen LogP contribution in [-0.4, -0.2) is 25.3 Å². The van der Waals surface area contributed by atoms with Crippen molar-refractivity contribution in [1.29, 1.82) is 0 Å². The van der Waals surface area contributed by atoms with Crippen LogP contribution in [0.4, 0.5) is 18.9 Å². The lowest BCUT2D eigenvalue weighted by Gasteiger charge is -2.34. The molecule has 2 nitrogen and oxygen atoms in total. The van der Waals surface area contributed by atoms with Gasteiger partial charge in [-0.3, -0.25) is 0 Å². The zero-order valence-electron chi connectivity index (χ0n) is 12.0. The molecule has 116 valence electrons. The van der Waals surface area contributed by atoms with Gasteiger partial charge in [-0.05, 0) is 43.4 Å². The Morgan fingerprint density at radius 2 is 1.62 bits per heavy atom. The Balaban J connectivity index is 1.52. The Kier molecular flexibility index (Phi) is 4.11. The fourth-order valence-corrected chi connectivity index (χ4v) is 2.84. The lowest BCUT2D eigenvalue weighted by Crippen LogP contribution is -2.39. The molecular weight excluding hydrogens is 277 g/mol. The summed E-state index contributed by atoms with van der Waals surface area (Å²) >= 11 is 0. The van der Waals surface area contributed by atoms with E-state index in [1.54, 1.807) is 0 Å². The standard InChI is InChI=1S/C16H21F3N2/c17-16(18,19)13-7-9-21(10-8-13)15-5-1-12(2-6-15)11-20-14-3-4-14/h1-2,5-6,13-14,20H,3-4,7-11H2. The highest BCUT2D eigenvalue weighted by Gasteiger charge is 2.41. The quantitative estimate of drug-likeness (QED) is 0.911. The highest BCUT2D eigenvalue weighted by molar-refractivity contribution is 5.48. The second kappa shape index (κ2) is 5.87. The van der Waals surface area contributed by atoms with Crippen LogP contribution in [0.25, 0.3) is 0 Å². The molecule has 3 rings (SSSR count). The molecule has 0 amide bonds. The number of nitrogens with zero attached hydrogens (tertiary/aromatic N) is 1. The number of benzene rings is 1. The Labute approximate surface area is 123 Å². The molecule has 1 N–H and O–H groups in total. The summed E-state index contributed by atoms with van der Waals surface area (Å²) in [7, 11) is 0. The van der Waals surface area contributed by atoms with Crippen molar-refractivity contribution in [3.8, 4) is 0 Å². The summed E-state index contributed by atoms with van der Waals surface area (Å²) in [6, 6.07) is 8.88. The Bertz CT molecular complexity index is 457. The van der Waals surface area contributed by atoms with Gasteiger partial charge in [0.05, 0.1) is 5.92 Å². The van der Waals surface area contributed by atoms with E-state index in [1.807, 2.05) is 12.1 Å². The minimum atomic E-state index is -4.04. The van der Waals surface area contributed by atoms with E-state index < -0.39 is 12.1 Å². The van der Waals surface area contributed by atoms with Crippen molar-refractivity contribution < 1.29 is 13.2 Å². The number of hydrogen-bond acceptors (Lipinski definition) is 2. The van der Waals surface area contributed by atoms with Crippen molar-refractivity contribution in [1.82, 2.24) is 5.32 Å². The zero-order valence-corrected chi connectivity index (χ0v) is 12.0. The molecule has 1 aromatic carbocycles. The van der Waals surface area contributed by atoms with Gasteiger partial charge in [0.1, 0.15) is 0 Å². The third-order valence-electron chi connectivity index (χ3n) is 4.43. The minimum Gasteiger partial charge on any atom is -0.372 e. The summed E-state index contributed by atoms with van der Waals surface area (Å²) in [5.41, 5.74) is 2.27. The topological polar surface area (TPSA) is 15.3 Å². The molecule has 0 aromatic heterocycles. The van der Waals surface area contributed by atoms with Crippen LogP contribution in [0.15, 0.2) is 24.3 Å². The predicted molar refractivity (Wildman–Crippen MR) is 77.3 cm³/mol. The van der Waals surface area contributed by atoms with Crippen molar-refractivity contribution in [3.05, 3.63) is 29.8 Å². The van der Waals surface area contributed by atoms with Gasteiger partial charge in [-0.25, -0.2) is 0 Å². The molecule has 1 aromatic rings. The van der Waals surface area contributed by atoms with E-state index in [2.05, 4.69) is 22.3 Å². The summed E-state index contributed by atoms with van der Waals surface area (Å²) in [6.45, 7) is 1.86. The van der Waals surface area contributed by atoms with Crippen LogP contribution in [0.1, 0.15) is 31.2 Å². The molecule has 0 spiro atoms. The molecule has 2 aliphatic rings. The van der Waals surface area contributed by atoms with E-state index in [4.69, 9.17) is 0 Å². The number of alkyl halides is 3. The summed E-state index contributed by atoms with van der Waals surface area (Å²) in [6.07, 6.45) is -1.09. The smallest absolute Gasteiger partial charge is 0.372 e. The first-order valence-corrected chi connectivity index (χ1v) is 7.66. The number of rotatable bonds is 4. The SMILES string of the molecule is FC(F)(F)C1CCN(c2ccc(CNC3CC3)cc2)CC1. The van der Waals surface area contributed by atoms with E-state index in [-0.39, 0.29) is 12.8 Å². The molecule has 0 bridgehead atoms. The summed E-state index contributed by atoms with van der Waals surface area (Å²) in [4.78, 5) is 2.06. The number of halogens is 3. The summed E-state index contributed by atoms with van der Waals surface area (Å²) < 4.78 is 38.0. The van der Waals surface area contributed by atoms with E-state index >= 15 is 0 Å². The van der Waals surface area contributed by atoms with E-state index in [0.29, 0.717) is 19.1 Å². The van der Waals surface area contributed by atoms with Gasteiger partial charge in [0.25, 0.3) is 0 Å². The Morgan fingerprint density at radius 3 is 2.14 bits per heavy atom. The summed E-state index contributed by atoms with van der Waals surface area (Å²) in [5, 5.41) is 3.46. The summed E-state index contributed by atoms with van der Waals surface area (Å²) in [5.74, 6) is -1.13. The zero-order chi connectivity index (χ0) is 14.9. The van der Waals surface area contributed by atoms with Gasteiger partial charge >= 0.3 is 6.18 Å². The molecule has 5 heteroatoms. The largest absolute Gasteiger partial charge is 0.391 e. The van der Waals surface area contributed by atoms with Crippen LogP contribution >= 0.6 is 0 Å². The van der Waals surface area contributed by atoms with Crippen LogP contribution in [0, 0.1) is 5.92 Å². The number of nitrogens with one attached hydrogen (secondary N) is 1. The van der Waals surface area contributed by atoms with E-state index in [1.165, 1.54) is 18.4 Å². The highest BCUT2D eigenvalue weighted by atomic mass is 19.4. The van der Waals surface area contributed by atoms with Gasteiger partial charge in [0.15, 0.2) is 0 Å². The molecule has 1 heterocycles. The van der Waals surface area contributed by atoms with Crippen LogP contribution in [-0.2, 0) is 6.54 Å². The molecule has 0 unspecified atom stereocenters. The Hall–Kier alpha value is -1.23. The number of anilines is 1. The monoisotopic (exact) mass is 298 g/mol. The first-order chi connectivity index (χ1) is 10.0. The van der Waals surface area contributed by atoms with Crippen molar-refractivity contribution in [3.63, 3.8) is 0 Å². The third kappa shape index (κ3) is 3.90. The van der Waals surface area contributed by atoms with Gasteiger partial charge in [0.2, 0.25) is 0 Å². The lowest BCUT2D eigenvalue weighted by atomic mass is 9.96. The van der Waals surface area contributed by atoms with Crippen LogP contribution in [0.2, 0.25) is 0 Å². The van der Waals surface area contributed by atoms with E-state index in [0.717, 1.165) is 12.2 Å². The normalized spacial score (nSPS) is 20.8. The van der Waals surface area contributed by atoms with Crippen molar-refractivity contribution in [2.24, 2.45) is 5.92 Å². The molecule has 0 atom stereocenters. The van der Waals surface area contributed by atoms with Crippen molar-refractivity contribution >= 4 is 5.69 Å². The first-order valence-electron chi connectivity index (χ1n) is 7.66. The molecule has 1 aliphatic heterocycles. The predicted octanol–water partition coefficient (Wildman–Crippen LogP) is 3.72. The van der Waals surface area contributed by atoms with E-state index in [9.17, 15) is 13.2 Å². The number of piperidine rings is 1. The minimum absolute atomic E-state index is 0.203. The fourth-order valence-electron chi connectivity index (χ4n) is 2.84. The fraction of sp³-hybridized carbons (Fsp3) is 0.625. The van der Waals surface area contributed by atoms with Crippen LogP contribution in [0.5, 0.6) is 0 Å². The Morgan fingerprint density at radius 1 is 1.00 bits per heavy atom.